The molecule has 0 heterocycles. The molecule has 0 aromatic heterocycles. The minimum absolute atomic E-state index is 0.0490. The molecular weight excluding hydrogens is 340 g/mol. The molecular formula is C18H20N2O4S. The molecule has 1 saturated carbocycles. The van der Waals surface area contributed by atoms with Crippen molar-refractivity contribution in [2.24, 2.45) is 5.92 Å². The zero-order chi connectivity index (χ0) is 17.9. The van der Waals surface area contributed by atoms with Crippen LogP contribution >= 0.6 is 0 Å². The average molecular weight is 360 g/mol. The third-order valence-corrected chi connectivity index (χ3v) is 5.42. The summed E-state index contributed by atoms with van der Waals surface area (Å²) in [6.45, 7) is 0.172. The lowest BCUT2D eigenvalue weighted by Gasteiger charge is -2.09. The Hall–Kier alpha value is -2.38. The predicted octanol–water partition coefficient (Wildman–Crippen LogP) is 2.52. The Kier molecular flexibility index (Phi) is 5.06. The highest BCUT2D eigenvalue weighted by molar-refractivity contribution is 7.89. The molecule has 132 valence electrons. The van der Waals surface area contributed by atoms with E-state index >= 15 is 0 Å². The molecule has 2 aromatic carbocycles. The second kappa shape index (κ2) is 7.25. The van der Waals surface area contributed by atoms with Crippen LogP contribution in [-0.2, 0) is 21.4 Å². The van der Waals surface area contributed by atoms with E-state index in [0.717, 1.165) is 24.1 Å². The molecule has 0 aliphatic heterocycles. The Morgan fingerprint density at radius 1 is 1.08 bits per heavy atom. The zero-order valence-electron chi connectivity index (χ0n) is 13.9. The van der Waals surface area contributed by atoms with Gasteiger partial charge in [-0.25, -0.2) is 13.1 Å². The van der Waals surface area contributed by atoms with Crippen LogP contribution in [0.3, 0.4) is 0 Å². The molecule has 7 heteroatoms. The summed E-state index contributed by atoms with van der Waals surface area (Å²) in [7, 11) is -2.06. The molecule has 2 N–H and O–H groups in total. The van der Waals surface area contributed by atoms with Gasteiger partial charge in [0.15, 0.2) is 0 Å². The number of benzene rings is 2. The largest absolute Gasteiger partial charge is 0.497 e. The standard InChI is InChI=1S/C18H20N2O4S/c1-24-16-8-10-17(11-9-16)25(22,23)19-12-13-2-6-15(7-3-13)20-18(21)14-4-5-14/h2-3,6-11,14,19H,4-5,12H2,1H3,(H,20,21). The molecule has 0 atom stereocenters. The SMILES string of the molecule is COc1ccc(S(=O)(=O)NCc2ccc(NC(=O)C3CC3)cc2)cc1. The molecule has 0 unspecified atom stereocenters. The molecule has 2 aromatic rings. The van der Waals surface area contributed by atoms with Gasteiger partial charge in [0, 0.05) is 18.2 Å². The van der Waals surface area contributed by atoms with E-state index in [4.69, 9.17) is 4.74 Å². The molecule has 3 rings (SSSR count). The second-order valence-electron chi connectivity index (χ2n) is 5.96. The highest BCUT2D eigenvalue weighted by Gasteiger charge is 2.29. The maximum atomic E-state index is 12.3. The van der Waals surface area contributed by atoms with E-state index in [1.54, 1.807) is 36.4 Å². The summed E-state index contributed by atoms with van der Waals surface area (Å²) in [5.41, 5.74) is 1.53. The summed E-state index contributed by atoms with van der Waals surface area (Å²) in [5.74, 6) is 0.798. The molecule has 1 aliphatic rings. The quantitative estimate of drug-likeness (QED) is 0.795. The van der Waals surface area contributed by atoms with Crippen molar-refractivity contribution < 1.29 is 17.9 Å². The number of carbonyl (C=O) groups is 1. The summed E-state index contributed by atoms with van der Waals surface area (Å²) < 4.78 is 32.2. The smallest absolute Gasteiger partial charge is 0.240 e. The van der Waals surface area contributed by atoms with Crippen LogP contribution in [0.15, 0.2) is 53.4 Å². The van der Waals surface area contributed by atoms with Gasteiger partial charge < -0.3 is 10.1 Å². The van der Waals surface area contributed by atoms with Gasteiger partial charge in [-0.3, -0.25) is 4.79 Å². The highest BCUT2D eigenvalue weighted by Crippen LogP contribution is 2.30. The van der Waals surface area contributed by atoms with Crippen molar-refractivity contribution in [3.63, 3.8) is 0 Å². The van der Waals surface area contributed by atoms with Crippen molar-refractivity contribution in [3.8, 4) is 5.75 Å². The van der Waals surface area contributed by atoms with E-state index in [0.29, 0.717) is 5.75 Å². The second-order valence-corrected chi connectivity index (χ2v) is 7.73. The fourth-order valence-corrected chi connectivity index (χ4v) is 3.33. The van der Waals surface area contributed by atoms with Crippen LogP contribution in [0, 0.1) is 5.92 Å². The Morgan fingerprint density at radius 3 is 2.28 bits per heavy atom. The van der Waals surface area contributed by atoms with Crippen LogP contribution in [0.1, 0.15) is 18.4 Å². The highest BCUT2D eigenvalue weighted by atomic mass is 32.2. The van der Waals surface area contributed by atoms with Gasteiger partial charge in [0.2, 0.25) is 15.9 Å². The minimum Gasteiger partial charge on any atom is -0.497 e. The van der Waals surface area contributed by atoms with E-state index in [1.807, 2.05) is 0 Å². The number of carbonyl (C=O) groups excluding carboxylic acids is 1. The lowest BCUT2D eigenvalue weighted by Crippen LogP contribution is -2.23. The minimum atomic E-state index is -3.59. The number of ether oxygens (including phenoxy) is 1. The molecule has 0 saturated heterocycles. The van der Waals surface area contributed by atoms with Gasteiger partial charge in [-0.2, -0.15) is 0 Å². The van der Waals surface area contributed by atoms with Crippen LogP contribution < -0.4 is 14.8 Å². The molecule has 0 radical (unpaired) electrons. The lowest BCUT2D eigenvalue weighted by atomic mass is 10.2. The summed E-state index contributed by atoms with van der Waals surface area (Å²) in [4.78, 5) is 11.9. The van der Waals surface area contributed by atoms with E-state index in [9.17, 15) is 13.2 Å². The van der Waals surface area contributed by atoms with Gasteiger partial charge in [-0.1, -0.05) is 12.1 Å². The van der Waals surface area contributed by atoms with Crippen molar-refractivity contribution in [3.05, 3.63) is 54.1 Å². The first-order chi connectivity index (χ1) is 12.0. The first-order valence-corrected chi connectivity index (χ1v) is 9.50. The number of hydrogen-bond donors (Lipinski definition) is 2. The van der Waals surface area contributed by atoms with Gasteiger partial charge in [0.25, 0.3) is 0 Å². The Labute approximate surface area is 147 Å². The van der Waals surface area contributed by atoms with Gasteiger partial charge in [0.05, 0.1) is 12.0 Å². The molecule has 1 fully saturated rings. The topological polar surface area (TPSA) is 84.5 Å². The summed E-state index contributed by atoms with van der Waals surface area (Å²) >= 11 is 0. The monoisotopic (exact) mass is 360 g/mol. The van der Waals surface area contributed by atoms with Crippen LogP contribution in [0.5, 0.6) is 5.75 Å². The number of rotatable bonds is 7. The maximum Gasteiger partial charge on any atom is 0.240 e. The number of anilines is 1. The normalized spacial score (nSPS) is 14.1. The number of methoxy groups -OCH3 is 1. The molecule has 6 nitrogen and oxygen atoms in total. The van der Waals surface area contributed by atoms with Crippen LogP contribution in [0.4, 0.5) is 5.69 Å². The summed E-state index contributed by atoms with van der Waals surface area (Å²) in [5, 5.41) is 2.85. The predicted molar refractivity (Wildman–Crippen MR) is 94.8 cm³/mol. The molecule has 25 heavy (non-hydrogen) atoms. The van der Waals surface area contributed by atoms with Crippen molar-refractivity contribution in [2.45, 2.75) is 24.3 Å². The third-order valence-electron chi connectivity index (χ3n) is 4.01. The Bertz CT molecular complexity index is 842. The van der Waals surface area contributed by atoms with Gasteiger partial charge in [0.1, 0.15) is 5.75 Å². The zero-order valence-corrected chi connectivity index (χ0v) is 14.7. The number of sulfonamides is 1. The van der Waals surface area contributed by atoms with E-state index in [1.165, 1.54) is 19.2 Å². The van der Waals surface area contributed by atoms with Crippen molar-refractivity contribution in [1.82, 2.24) is 4.72 Å². The van der Waals surface area contributed by atoms with Crippen molar-refractivity contribution in [1.29, 1.82) is 0 Å². The van der Waals surface area contributed by atoms with Crippen LogP contribution in [0.2, 0.25) is 0 Å². The summed E-state index contributed by atoms with van der Waals surface area (Å²) in [6, 6.07) is 13.3. The van der Waals surface area contributed by atoms with Crippen molar-refractivity contribution >= 4 is 21.6 Å². The molecule has 0 bridgehead atoms. The lowest BCUT2D eigenvalue weighted by molar-refractivity contribution is -0.117. The molecule has 0 spiro atoms. The number of hydrogen-bond acceptors (Lipinski definition) is 4. The van der Waals surface area contributed by atoms with Crippen LogP contribution in [0.25, 0.3) is 0 Å². The fraction of sp³-hybridized carbons (Fsp3) is 0.278. The number of amides is 1. The van der Waals surface area contributed by atoms with E-state index in [-0.39, 0.29) is 23.3 Å². The first-order valence-electron chi connectivity index (χ1n) is 8.01. The van der Waals surface area contributed by atoms with Crippen LogP contribution in [-0.4, -0.2) is 21.4 Å². The molecule has 1 aliphatic carbocycles. The molecule has 1 amide bonds. The van der Waals surface area contributed by atoms with E-state index < -0.39 is 10.0 Å². The van der Waals surface area contributed by atoms with Crippen molar-refractivity contribution in [2.75, 3.05) is 12.4 Å². The number of nitrogens with one attached hydrogen (secondary N) is 2. The fourth-order valence-electron chi connectivity index (χ4n) is 2.31. The summed E-state index contributed by atoms with van der Waals surface area (Å²) in [6.07, 6.45) is 1.91. The maximum absolute atomic E-state index is 12.3. The Morgan fingerprint density at radius 2 is 1.72 bits per heavy atom. The Balaban J connectivity index is 1.58. The third kappa shape index (κ3) is 4.58. The van der Waals surface area contributed by atoms with Gasteiger partial charge >= 0.3 is 0 Å². The van der Waals surface area contributed by atoms with Gasteiger partial charge in [-0.05, 0) is 54.8 Å². The van der Waals surface area contributed by atoms with Gasteiger partial charge in [-0.15, -0.1) is 0 Å². The first kappa shape index (κ1) is 17.4. The van der Waals surface area contributed by atoms with E-state index in [2.05, 4.69) is 10.0 Å². The average Bonchev–Trinajstić information content (AvgIpc) is 3.46.